The SMILES string of the molecule is O=C(CCS(=O)(=O)NCc1ccccc1)NO. The van der Waals surface area contributed by atoms with Gasteiger partial charge in [0, 0.05) is 13.0 Å². The Kier molecular flexibility index (Phi) is 5.08. The first-order valence-corrected chi connectivity index (χ1v) is 6.63. The smallest absolute Gasteiger partial charge is 0.244 e. The highest BCUT2D eigenvalue weighted by Gasteiger charge is 2.12. The van der Waals surface area contributed by atoms with Gasteiger partial charge in [-0.15, -0.1) is 0 Å². The molecule has 1 aromatic carbocycles. The van der Waals surface area contributed by atoms with Crippen LogP contribution in [-0.2, 0) is 21.4 Å². The van der Waals surface area contributed by atoms with E-state index in [1.807, 2.05) is 18.2 Å². The largest absolute Gasteiger partial charge is 0.289 e. The van der Waals surface area contributed by atoms with E-state index >= 15 is 0 Å². The van der Waals surface area contributed by atoms with Crippen molar-refractivity contribution in [2.24, 2.45) is 0 Å². The van der Waals surface area contributed by atoms with E-state index in [2.05, 4.69) is 4.72 Å². The van der Waals surface area contributed by atoms with Crippen molar-refractivity contribution in [3.05, 3.63) is 35.9 Å². The fraction of sp³-hybridized carbons (Fsp3) is 0.300. The molecule has 0 radical (unpaired) electrons. The van der Waals surface area contributed by atoms with Crippen LogP contribution in [0.1, 0.15) is 12.0 Å². The second kappa shape index (κ2) is 6.33. The summed E-state index contributed by atoms with van der Waals surface area (Å²) in [4.78, 5) is 10.7. The second-order valence-electron chi connectivity index (χ2n) is 3.41. The monoisotopic (exact) mass is 258 g/mol. The van der Waals surface area contributed by atoms with E-state index in [1.54, 1.807) is 12.1 Å². The summed E-state index contributed by atoms with van der Waals surface area (Å²) in [6.45, 7) is 0.184. The molecule has 0 saturated heterocycles. The van der Waals surface area contributed by atoms with Crippen molar-refractivity contribution >= 4 is 15.9 Å². The lowest BCUT2D eigenvalue weighted by Gasteiger charge is -2.05. The normalized spacial score (nSPS) is 11.1. The Morgan fingerprint density at radius 1 is 1.24 bits per heavy atom. The van der Waals surface area contributed by atoms with Gasteiger partial charge in [0.05, 0.1) is 5.75 Å². The van der Waals surface area contributed by atoms with Crippen molar-refractivity contribution in [2.45, 2.75) is 13.0 Å². The van der Waals surface area contributed by atoms with E-state index < -0.39 is 15.9 Å². The van der Waals surface area contributed by atoms with Gasteiger partial charge >= 0.3 is 0 Å². The molecule has 0 aliphatic heterocycles. The predicted molar refractivity (Wildman–Crippen MR) is 61.6 cm³/mol. The third-order valence-corrected chi connectivity index (χ3v) is 3.39. The molecule has 0 fully saturated rings. The molecule has 1 aromatic rings. The molecular weight excluding hydrogens is 244 g/mol. The van der Waals surface area contributed by atoms with Gasteiger partial charge in [-0.2, -0.15) is 0 Å². The van der Waals surface area contributed by atoms with Crippen LogP contribution in [0.5, 0.6) is 0 Å². The molecule has 0 atom stereocenters. The molecule has 0 heterocycles. The summed E-state index contributed by atoms with van der Waals surface area (Å²) in [6, 6.07) is 9.04. The van der Waals surface area contributed by atoms with Crippen LogP contribution in [0.3, 0.4) is 0 Å². The Labute approximate surface area is 99.7 Å². The number of hydrogen-bond acceptors (Lipinski definition) is 4. The van der Waals surface area contributed by atoms with Gasteiger partial charge in [0.25, 0.3) is 0 Å². The molecule has 94 valence electrons. The van der Waals surface area contributed by atoms with E-state index in [4.69, 9.17) is 5.21 Å². The number of sulfonamides is 1. The molecule has 0 unspecified atom stereocenters. The molecule has 1 amide bonds. The van der Waals surface area contributed by atoms with Gasteiger partial charge in [0.1, 0.15) is 0 Å². The molecule has 0 bridgehead atoms. The summed E-state index contributed by atoms with van der Waals surface area (Å²) in [5.41, 5.74) is 2.22. The van der Waals surface area contributed by atoms with Crippen molar-refractivity contribution in [2.75, 3.05) is 5.75 Å². The van der Waals surface area contributed by atoms with E-state index in [-0.39, 0.29) is 18.7 Å². The molecule has 0 aliphatic carbocycles. The maximum atomic E-state index is 11.5. The number of benzene rings is 1. The Balaban J connectivity index is 2.42. The van der Waals surface area contributed by atoms with Gasteiger partial charge in [-0.3, -0.25) is 10.0 Å². The minimum absolute atomic E-state index is 0.184. The molecule has 17 heavy (non-hydrogen) atoms. The number of carbonyl (C=O) groups excluding carboxylic acids is 1. The van der Waals surface area contributed by atoms with Crippen molar-refractivity contribution in [3.8, 4) is 0 Å². The molecule has 0 spiro atoms. The minimum atomic E-state index is -3.51. The van der Waals surface area contributed by atoms with Crippen LogP contribution in [0, 0.1) is 0 Å². The summed E-state index contributed by atoms with van der Waals surface area (Å²) in [6.07, 6.45) is -0.277. The molecule has 7 heteroatoms. The highest BCUT2D eigenvalue weighted by Crippen LogP contribution is 1.99. The quantitative estimate of drug-likeness (QED) is 0.494. The fourth-order valence-corrected chi connectivity index (χ4v) is 2.13. The molecule has 0 aromatic heterocycles. The van der Waals surface area contributed by atoms with Crippen LogP contribution in [0.25, 0.3) is 0 Å². The second-order valence-corrected chi connectivity index (χ2v) is 5.34. The number of amides is 1. The maximum Gasteiger partial charge on any atom is 0.244 e. The summed E-state index contributed by atoms with van der Waals surface area (Å²) < 4.78 is 25.3. The first-order chi connectivity index (χ1) is 8.03. The average Bonchev–Trinajstić information content (AvgIpc) is 2.35. The molecule has 3 N–H and O–H groups in total. The van der Waals surface area contributed by atoms with Crippen LogP contribution in [0.4, 0.5) is 0 Å². The third-order valence-electron chi connectivity index (χ3n) is 2.06. The van der Waals surface area contributed by atoms with Gasteiger partial charge in [-0.1, -0.05) is 30.3 Å². The summed E-state index contributed by atoms with van der Waals surface area (Å²) in [5.74, 6) is -1.08. The van der Waals surface area contributed by atoms with Gasteiger partial charge in [-0.05, 0) is 5.56 Å². The van der Waals surface area contributed by atoms with Gasteiger partial charge in [0.15, 0.2) is 0 Å². The number of carbonyl (C=O) groups is 1. The van der Waals surface area contributed by atoms with Crippen molar-refractivity contribution in [3.63, 3.8) is 0 Å². The zero-order chi connectivity index (χ0) is 12.7. The first-order valence-electron chi connectivity index (χ1n) is 4.98. The standard InChI is InChI=1S/C10H14N2O4S/c13-10(12-14)6-7-17(15,16)11-8-9-4-2-1-3-5-9/h1-5,11,14H,6-8H2,(H,12,13). The van der Waals surface area contributed by atoms with E-state index in [0.29, 0.717) is 0 Å². The lowest BCUT2D eigenvalue weighted by molar-refractivity contribution is -0.128. The number of hydrogen-bond donors (Lipinski definition) is 3. The number of hydroxylamine groups is 1. The maximum absolute atomic E-state index is 11.5. The summed E-state index contributed by atoms with van der Waals surface area (Å²) >= 11 is 0. The van der Waals surface area contributed by atoms with Crippen molar-refractivity contribution < 1.29 is 18.4 Å². The molecule has 6 nitrogen and oxygen atoms in total. The topological polar surface area (TPSA) is 95.5 Å². The van der Waals surface area contributed by atoms with Gasteiger partial charge in [0.2, 0.25) is 15.9 Å². The Morgan fingerprint density at radius 2 is 1.88 bits per heavy atom. The third kappa shape index (κ3) is 5.43. The summed E-state index contributed by atoms with van der Waals surface area (Å²) in [5, 5.41) is 8.22. The molecule has 0 saturated carbocycles. The van der Waals surface area contributed by atoms with E-state index in [9.17, 15) is 13.2 Å². The number of nitrogens with one attached hydrogen (secondary N) is 2. The minimum Gasteiger partial charge on any atom is -0.289 e. The lowest BCUT2D eigenvalue weighted by atomic mass is 10.2. The van der Waals surface area contributed by atoms with Gasteiger partial charge < -0.3 is 0 Å². The number of rotatable bonds is 6. The van der Waals surface area contributed by atoms with Crippen molar-refractivity contribution in [1.29, 1.82) is 0 Å². The van der Waals surface area contributed by atoms with Crippen LogP contribution in [-0.4, -0.2) is 25.3 Å². The highest BCUT2D eigenvalue weighted by molar-refractivity contribution is 7.89. The van der Waals surface area contributed by atoms with Gasteiger partial charge in [-0.25, -0.2) is 18.6 Å². The van der Waals surface area contributed by atoms with E-state index in [0.717, 1.165) is 5.56 Å². The van der Waals surface area contributed by atoms with Crippen LogP contribution < -0.4 is 10.2 Å². The van der Waals surface area contributed by atoms with Crippen LogP contribution in [0.2, 0.25) is 0 Å². The summed E-state index contributed by atoms with van der Waals surface area (Å²) in [7, 11) is -3.51. The van der Waals surface area contributed by atoms with Crippen LogP contribution in [0.15, 0.2) is 30.3 Å². The zero-order valence-corrected chi connectivity index (χ0v) is 9.90. The first kappa shape index (κ1) is 13.6. The highest BCUT2D eigenvalue weighted by atomic mass is 32.2. The average molecular weight is 258 g/mol. The van der Waals surface area contributed by atoms with E-state index in [1.165, 1.54) is 5.48 Å². The predicted octanol–water partition coefficient (Wildman–Crippen LogP) is 0.00150. The Bertz CT molecular complexity index is 458. The molecule has 1 rings (SSSR count). The molecule has 0 aliphatic rings. The van der Waals surface area contributed by atoms with Crippen LogP contribution >= 0.6 is 0 Å². The Hall–Kier alpha value is -1.44. The zero-order valence-electron chi connectivity index (χ0n) is 9.09. The Morgan fingerprint density at radius 3 is 2.47 bits per heavy atom. The lowest BCUT2D eigenvalue weighted by Crippen LogP contribution is -2.29. The molecular formula is C10H14N2O4S. The fourth-order valence-electron chi connectivity index (χ4n) is 1.14. The van der Waals surface area contributed by atoms with Crippen molar-refractivity contribution in [1.82, 2.24) is 10.2 Å².